The molecular formula is C20H24N2O3. The lowest BCUT2D eigenvalue weighted by molar-refractivity contribution is -0.124. The Morgan fingerprint density at radius 3 is 2.44 bits per heavy atom. The third-order valence-corrected chi connectivity index (χ3v) is 3.88. The summed E-state index contributed by atoms with van der Waals surface area (Å²) in [5, 5.41) is 15.4. The first-order valence-corrected chi connectivity index (χ1v) is 8.47. The van der Waals surface area contributed by atoms with Gasteiger partial charge in [0.15, 0.2) is 0 Å². The molecule has 25 heavy (non-hydrogen) atoms. The average Bonchev–Trinajstić information content (AvgIpc) is 2.65. The van der Waals surface area contributed by atoms with Gasteiger partial charge >= 0.3 is 0 Å². The Labute approximate surface area is 148 Å². The van der Waals surface area contributed by atoms with Gasteiger partial charge in [-0.2, -0.15) is 0 Å². The van der Waals surface area contributed by atoms with E-state index in [1.807, 2.05) is 42.5 Å². The minimum atomic E-state index is -0.754. The standard InChI is InChI=1S/C20H24N2O3/c1-2-15-7-6-10-17(13-15)22-20(25)12-11-19(24)21-14-18(23)16-8-4-3-5-9-16/h3-10,13,18,23H,2,11-12,14H2,1H3,(H,21,24)(H,22,25). The molecule has 3 N–H and O–H groups in total. The number of nitrogens with one attached hydrogen (secondary N) is 2. The van der Waals surface area contributed by atoms with Crippen LogP contribution in [-0.2, 0) is 16.0 Å². The molecule has 1 atom stereocenters. The molecular weight excluding hydrogens is 316 g/mol. The lowest BCUT2D eigenvalue weighted by Gasteiger charge is -2.12. The van der Waals surface area contributed by atoms with Crippen molar-refractivity contribution in [2.75, 3.05) is 11.9 Å². The summed E-state index contributed by atoms with van der Waals surface area (Å²) in [6.07, 6.45) is 0.330. The zero-order valence-electron chi connectivity index (χ0n) is 14.4. The van der Waals surface area contributed by atoms with Gasteiger partial charge in [-0.3, -0.25) is 9.59 Å². The van der Waals surface area contributed by atoms with Crippen LogP contribution in [0.1, 0.15) is 37.0 Å². The topological polar surface area (TPSA) is 78.4 Å². The van der Waals surface area contributed by atoms with Gasteiger partial charge in [-0.05, 0) is 29.7 Å². The van der Waals surface area contributed by atoms with Gasteiger partial charge in [-0.25, -0.2) is 0 Å². The van der Waals surface area contributed by atoms with Gasteiger partial charge in [-0.1, -0.05) is 49.4 Å². The summed E-state index contributed by atoms with van der Waals surface area (Å²) in [4.78, 5) is 23.8. The van der Waals surface area contributed by atoms with Crippen LogP contribution in [0.5, 0.6) is 0 Å². The van der Waals surface area contributed by atoms with Crippen molar-refractivity contribution < 1.29 is 14.7 Å². The maximum Gasteiger partial charge on any atom is 0.224 e. The van der Waals surface area contributed by atoms with Crippen molar-refractivity contribution in [3.8, 4) is 0 Å². The molecule has 0 aliphatic rings. The normalized spacial score (nSPS) is 11.6. The van der Waals surface area contributed by atoms with Gasteiger partial charge < -0.3 is 15.7 Å². The van der Waals surface area contributed by atoms with Crippen molar-refractivity contribution in [3.05, 3.63) is 65.7 Å². The maximum atomic E-state index is 11.9. The van der Waals surface area contributed by atoms with Crippen LogP contribution in [0.2, 0.25) is 0 Å². The molecule has 132 valence electrons. The first-order chi connectivity index (χ1) is 12.1. The summed E-state index contributed by atoms with van der Waals surface area (Å²) < 4.78 is 0. The molecule has 1 unspecified atom stereocenters. The van der Waals surface area contributed by atoms with Crippen molar-refractivity contribution in [1.29, 1.82) is 0 Å². The highest BCUT2D eigenvalue weighted by molar-refractivity contribution is 5.93. The lowest BCUT2D eigenvalue weighted by atomic mass is 10.1. The van der Waals surface area contributed by atoms with Crippen molar-refractivity contribution in [2.24, 2.45) is 0 Å². The van der Waals surface area contributed by atoms with Crippen LogP contribution in [0.4, 0.5) is 5.69 Å². The molecule has 0 fully saturated rings. The minimum absolute atomic E-state index is 0.0841. The van der Waals surface area contributed by atoms with Crippen molar-refractivity contribution in [1.82, 2.24) is 5.32 Å². The lowest BCUT2D eigenvalue weighted by Crippen LogP contribution is -2.29. The van der Waals surface area contributed by atoms with Crippen LogP contribution in [0.25, 0.3) is 0 Å². The molecule has 5 nitrogen and oxygen atoms in total. The van der Waals surface area contributed by atoms with Gasteiger partial charge in [0.25, 0.3) is 0 Å². The molecule has 0 aliphatic carbocycles. The summed E-state index contributed by atoms with van der Waals surface area (Å²) in [5.41, 5.74) is 2.63. The Balaban J connectivity index is 1.71. The minimum Gasteiger partial charge on any atom is -0.387 e. The molecule has 0 heterocycles. The number of aliphatic hydroxyl groups is 1. The summed E-state index contributed by atoms with van der Waals surface area (Å²) in [7, 11) is 0. The number of carbonyl (C=O) groups excluding carboxylic acids is 2. The van der Waals surface area contributed by atoms with E-state index >= 15 is 0 Å². The SMILES string of the molecule is CCc1cccc(NC(=O)CCC(=O)NCC(O)c2ccccc2)c1. The molecule has 0 bridgehead atoms. The van der Waals surface area contributed by atoms with E-state index in [1.165, 1.54) is 0 Å². The summed E-state index contributed by atoms with van der Waals surface area (Å²) in [6, 6.07) is 16.8. The van der Waals surface area contributed by atoms with E-state index in [0.29, 0.717) is 0 Å². The van der Waals surface area contributed by atoms with Gasteiger partial charge in [0, 0.05) is 25.1 Å². The molecule has 2 aromatic rings. The Morgan fingerprint density at radius 1 is 1.00 bits per heavy atom. The Hall–Kier alpha value is -2.66. The molecule has 0 saturated carbocycles. The fourth-order valence-electron chi connectivity index (χ4n) is 2.41. The quantitative estimate of drug-likeness (QED) is 0.691. The number of hydrogen-bond donors (Lipinski definition) is 3. The van der Waals surface area contributed by atoms with Crippen LogP contribution >= 0.6 is 0 Å². The van der Waals surface area contributed by atoms with E-state index in [-0.39, 0.29) is 31.2 Å². The number of carbonyl (C=O) groups is 2. The number of aliphatic hydroxyl groups excluding tert-OH is 1. The second-order valence-corrected chi connectivity index (χ2v) is 5.83. The molecule has 0 saturated heterocycles. The van der Waals surface area contributed by atoms with E-state index < -0.39 is 6.10 Å². The van der Waals surface area contributed by atoms with Gasteiger partial charge in [-0.15, -0.1) is 0 Å². The fraction of sp³-hybridized carbons (Fsp3) is 0.300. The smallest absolute Gasteiger partial charge is 0.224 e. The molecule has 0 aliphatic heterocycles. The average molecular weight is 340 g/mol. The number of rotatable bonds is 8. The number of amides is 2. The van der Waals surface area contributed by atoms with E-state index in [4.69, 9.17) is 0 Å². The molecule has 0 spiro atoms. The highest BCUT2D eigenvalue weighted by Gasteiger charge is 2.11. The second-order valence-electron chi connectivity index (χ2n) is 5.83. The van der Waals surface area contributed by atoms with Crippen LogP contribution in [0.3, 0.4) is 0 Å². The van der Waals surface area contributed by atoms with Crippen LogP contribution in [0, 0.1) is 0 Å². The Bertz CT molecular complexity index is 701. The predicted molar refractivity (Wildman–Crippen MR) is 98.1 cm³/mol. The highest BCUT2D eigenvalue weighted by Crippen LogP contribution is 2.12. The fourth-order valence-corrected chi connectivity index (χ4v) is 2.41. The number of benzene rings is 2. The van der Waals surface area contributed by atoms with Gasteiger partial charge in [0.2, 0.25) is 11.8 Å². The molecule has 2 aromatic carbocycles. The largest absolute Gasteiger partial charge is 0.387 e. The molecule has 0 radical (unpaired) electrons. The third-order valence-electron chi connectivity index (χ3n) is 3.88. The van der Waals surface area contributed by atoms with Crippen LogP contribution in [0.15, 0.2) is 54.6 Å². The maximum absolute atomic E-state index is 11.9. The van der Waals surface area contributed by atoms with Gasteiger partial charge in [0.05, 0.1) is 6.10 Å². The van der Waals surface area contributed by atoms with Crippen molar-refractivity contribution in [3.63, 3.8) is 0 Å². The molecule has 0 aromatic heterocycles. The Kier molecular flexibility index (Phi) is 7.16. The third kappa shape index (κ3) is 6.39. The van der Waals surface area contributed by atoms with Crippen molar-refractivity contribution in [2.45, 2.75) is 32.3 Å². The van der Waals surface area contributed by atoms with E-state index in [2.05, 4.69) is 17.6 Å². The van der Waals surface area contributed by atoms with Gasteiger partial charge in [0.1, 0.15) is 0 Å². The van der Waals surface area contributed by atoms with E-state index in [0.717, 1.165) is 23.2 Å². The molecule has 2 amide bonds. The first kappa shape index (κ1) is 18.7. The van der Waals surface area contributed by atoms with Crippen molar-refractivity contribution >= 4 is 17.5 Å². The van der Waals surface area contributed by atoms with E-state index in [9.17, 15) is 14.7 Å². The molecule has 5 heteroatoms. The zero-order chi connectivity index (χ0) is 18.1. The number of anilines is 1. The summed E-state index contributed by atoms with van der Waals surface area (Å²) >= 11 is 0. The Morgan fingerprint density at radius 2 is 1.72 bits per heavy atom. The summed E-state index contributed by atoms with van der Waals surface area (Å²) in [6.45, 7) is 2.18. The number of aryl methyl sites for hydroxylation is 1. The first-order valence-electron chi connectivity index (χ1n) is 8.47. The zero-order valence-corrected chi connectivity index (χ0v) is 14.4. The van der Waals surface area contributed by atoms with Crippen LogP contribution < -0.4 is 10.6 Å². The second kappa shape index (κ2) is 9.59. The highest BCUT2D eigenvalue weighted by atomic mass is 16.3. The monoisotopic (exact) mass is 340 g/mol. The predicted octanol–water partition coefficient (Wildman–Crippen LogP) is 2.82. The molecule has 2 rings (SSSR count). The van der Waals surface area contributed by atoms with E-state index in [1.54, 1.807) is 12.1 Å². The van der Waals surface area contributed by atoms with Crippen LogP contribution in [-0.4, -0.2) is 23.5 Å². The summed E-state index contributed by atoms with van der Waals surface area (Å²) in [5.74, 6) is -0.459. The number of hydrogen-bond acceptors (Lipinski definition) is 3.